The summed E-state index contributed by atoms with van der Waals surface area (Å²) in [5.41, 5.74) is 1.37. The van der Waals surface area contributed by atoms with Crippen LogP contribution in [0, 0.1) is 5.92 Å². The van der Waals surface area contributed by atoms with Crippen molar-refractivity contribution in [2.24, 2.45) is 5.92 Å². The molecule has 0 bridgehead atoms. The van der Waals surface area contributed by atoms with E-state index >= 15 is 0 Å². The van der Waals surface area contributed by atoms with Crippen molar-refractivity contribution >= 4 is 10.8 Å². The minimum atomic E-state index is 0.420. The quantitative estimate of drug-likeness (QED) is 0.830. The van der Waals surface area contributed by atoms with Crippen LogP contribution in [-0.2, 0) is 0 Å². The van der Waals surface area contributed by atoms with Gasteiger partial charge in [0.25, 0.3) is 0 Å². The molecule has 1 aliphatic carbocycles. The summed E-state index contributed by atoms with van der Waals surface area (Å²) >= 11 is 0. The molecule has 2 heteroatoms. The van der Waals surface area contributed by atoms with Crippen molar-refractivity contribution < 1.29 is 4.74 Å². The molecular weight excluding hydrogens is 258 g/mol. The van der Waals surface area contributed by atoms with Crippen LogP contribution >= 0.6 is 0 Å². The molecular formula is C19H25NO. The molecule has 112 valence electrons. The van der Waals surface area contributed by atoms with Gasteiger partial charge in [-0.1, -0.05) is 31.5 Å². The van der Waals surface area contributed by atoms with Gasteiger partial charge in [0.2, 0.25) is 0 Å². The zero-order chi connectivity index (χ0) is 14.8. The topological polar surface area (TPSA) is 21.3 Å². The molecule has 0 aromatic heterocycles. The number of fused-ring (bicyclic) bond motifs is 1. The molecule has 3 unspecified atom stereocenters. The minimum Gasteiger partial charge on any atom is -0.497 e. The number of methoxy groups -OCH3 is 1. The highest BCUT2D eigenvalue weighted by Crippen LogP contribution is 2.36. The second-order valence-electron chi connectivity index (χ2n) is 6.25. The molecule has 0 aliphatic heterocycles. The summed E-state index contributed by atoms with van der Waals surface area (Å²) < 4.78 is 5.28. The van der Waals surface area contributed by atoms with Gasteiger partial charge in [0.05, 0.1) is 7.11 Å². The minimum absolute atomic E-state index is 0.420. The highest BCUT2D eigenvalue weighted by atomic mass is 16.5. The van der Waals surface area contributed by atoms with Crippen molar-refractivity contribution in [3.05, 3.63) is 42.0 Å². The van der Waals surface area contributed by atoms with Crippen LogP contribution in [0.5, 0.6) is 5.75 Å². The smallest absolute Gasteiger partial charge is 0.119 e. The van der Waals surface area contributed by atoms with Crippen LogP contribution < -0.4 is 10.1 Å². The lowest BCUT2D eigenvalue weighted by Crippen LogP contribution is -2.22. The van der Waals surface area contributed by atoms with Crippen LogP contribution in [0.1, 0.15) is 44.7 Å². The standard InChI is InChI=1S/C19H25NO/c1-4-5-17-12-19(17)20-13(2)14-6-7-16-11-18(21-3)9-8-15(16)10-14/h6-11,13,17,19-20H,4-5,12H2,1-3H3. The predicted molar refractivity (Wildman–Crippen MR) is 88.9 cm³/mol. The Morgan fingerprint density at radius 2 is 1.95 bits per heavy atom. The van der Waals surface area contributed by atoms with E-state index in [2.05, 4.69) is 49.5 Å². The summed E-state index contributed by atoms with van der Waals surface area (Å²) in [5.74, 6) is 1.82. The van der Waals surface area contributed by atoms with E-state index in [4.69, 9.17) is 4.74 Å². The van der Waals surface area contributed by atoms with Gasteiger partial charge in [0, 0.05) is 12.1 Å². The first-order valence-corrected chi connectivity index (χ1v) is 8.05. The lowest BCUT2D eigenvalue weighted by molar-refractivity contribution is 0.415. The molecule has 1 saturated carbocycles. The predicted octanol–water partition coefficient (Wildman–Crippen LogP) is 4.69. The number of hydrogen-bond donors (Lipinski definition) is 1. The fraction of sp³-hybridized carbons (Fsp3) is 0.474. The Morgan fingerprint density at radius 1 is 1.19 bits per heavy atom. The van der Waals surface area contributed by atoms with E-state index in [0.717, 1.165) is 17.7 Å². The van der Waals surface area contributed by atoms with Gasteiger partial charge >= 0.3 is 0 Å². The second-order valence-corrected chi connectivity index (χ2v) is 6.25. The average molecular weight is 283 g/mol. The number of nitrogens with one attached hydrogen (secondary N) is 1. The Labute approximate surface area is 127 Å². The van der Waals surface area contributed by atoms with E-state index in [1.165, 1.54) is 35.6 Å². The highest BCUT2D eigenvalue weighted by Gasteiger charge is 2.36. The van der Waals surface area contributed by atoms with Crippen LogP contribution in [0.25, 0.3) is 10.8 Å². The third-order valence-electron chi connectivity index (χ3n) is 4.62. The molecule has 0 radical (unpaired) electrons. The van der Waals surface area contributed by atoms with Crippen LogP contribution in [0.15, 0.2) is 36.4 Å². The van der Waals surface area contributed by atoms with E-state index in [1.54, 1.807) is 7.11 Å². The maximum absolute atomic E-state index is 5.28. The van der Waals surface area contributed by atoms with E-state index < -0.39 is 0 Å². The van der Waals surface area contributed by atoms with Crippen LogP contribution in [-0.4, -0.2) is 13.2 Å². The van der Waals surface area contributed by atoms with Gasteiger partial charge in [-0.15, -0.1) is 0 Å². The first-order valence-electron chi connectivity index (χ1n) is 8.05. The van der Waals surface area contributed by atoms with Gasteiger partial charge in [-0.05, 0) is 60.2 Å². The summed E-state index contributed by atoms with van der Waals surface area (Å²) in [4.78, 5) is 0. The van der Waals surface area contributed by atoms with Crippen molar-refractivity contribution in [2.75, 3.05) is 7.11 Å². The Bertz CT molecular complexity index is 622. The fourth-order valence-corrected chi connectivity index (χ4v) is 3.20. The first-order chi connectivity index (χ1) is 10.2. The molecule has 2 nitrogen and oxygen atoms in total. The molecule has 2 aromatic rings. The van der Waals surface area contributed by atoms with Gasteiger partial charge in [-0.3, -0.25) is 0 Å². The van der Waals surface area contributed by atoms with Crippen molar-refractivity contribution in [3.63, 3.8) is 0 Å². The molecule has 1 N–H and O–H groups in total. The van der Waals surface area contributed by atoms with Gasteiger partial charge in [0.1, 0.15) is 5.75 Å². The van der Waals surface area contributed by atoms with Gasteiger partial charge in [-0.25, -0.2) is 0 Å². The summed E-state index contributed by atoms with van der Waals surface area (Å²) in [6.45, 7) is 4.54. The SMILES string of the molecule is CCCC1CC1NC(C)c1ccc2cc(OC)ccc2c1. The summed E-state index contributed by atoms with van der Waals surface area (Å²) in [7, 11) is 1.71. The maximum Gasteiger partial charge on any atom is 0.119 e. The number of rotatable bonds is 6. The Balaban J connectivity index is 1.72. The largest absolute Gasteiger partial charge is 0.497 e. The van der Waals surface area contributed by atoms with Crippen molar-refractivity contribution in [1.82, 2.24) is 5.32 Å². The number of benzene rings is 2. The third kappa shape index (κ3) is 3.21. The molecule has 21 heavy (non-hydrogen) atoms. The molecule has 0 heterocycles. The van der Waals surface area contributed by atoms with Crippen molar-refractivity contribution in [2.45, 2.75) is 45.2 Å². The van der Waals surface area contributed by atoms with Gasteiger partial charge in [0.15, 0.2) is 0 Å². The number of hydrogen-bond acceptors (Lipinski definition) is 2. The lowest BCUT2D eigenvalue weighted by Gasteiger charge is -2.15. The first kappa shape index (κ1) is 14.4. The van der Waals surface area contributed by atoms with Gasteiger partial charge in [-0.2, -0.15) is 0 Å². The van der Waals surface area contributed by atoms with E-state index in [0.29, 0.717) is 6.04 Å². The summed E-state index contributed by atoms with van der Waals surface area (Å²) in [6, 6.07) is 14.1. The monoisotopic (exact) mass is 283 g/mol. The van der Waals surface area contributed by atoms with Crippen LogP contribution in [0.4, 0.5) is 0 Å². The lowest BCUT2D eigenvalue weighted by atomic mass is 10.0. The Kier molecular flexibility index (Phi) is 4.16. The van der Waals surface area contributed by atoms with Gasteiger partial charge < -0.3 is 10.1 Å². The van der Waals surface area contributed by atoms with E-state index in [1.807, 2.05) is 6.07 Å². The summed E-state index contributed by atoms with van der Waals surface area (Å²) in [6.07, 6.45) is 4.01. The van der Waals surface area contributed by atoms with E-state index in [-0.39, 0.29) is 0 Å². The molecule has 1 fully saturated rings. The summed E-state index contributed by atoms with van der Waals surface area (Å²) in [5, 5.41) is 6.28. The molecule has 0 spiro atoms. The zero-order valence-electron chi connectivity index (χ0n) is 13.2. The zero-order valence-corrected chi connectivity index (χ0v) is 13.2. The number of ether oxygens (including phenoxy) is 1. The molecule has 3 atom stereocenters. The van der Waals surface area contributed by atoms with Crippen molar-refractivity contribution in [1.29, 1.82) is 0 Å². The maximum atomic E-state index is 5.28. The highest BCUT2D eigenvalue weighted by molar-refractivity contribution is 5.84. The van der Waals surface area contributed by atoms with Crippen LogP contribution in [0.3, 0.4) is 0 Å². The fourth-order valence-electron chi connectivity index (χ4n) is 3.20. The Hall–Kier alpha value is -1.54. The second kappa shape index (κ2) is 6.07. The van der Waals surface area contributed by atoms with Crippen LogP contribution in [0.2, 0.25) is 0 Å². The van der Waals surface area contributed by atoms with E-state index in [9.17, 15) is 0 Å². The normalized spacial score (nSPS) is 22.2. The molecule has 0 saturated heterocycles. The molecule has 3 rings (SSSR count). The molecule has 0 amide bonds. The average Bonchev–Trinajstić information content (AvgIpc) is 3.24. The Morgan fingerprint density at radius 3 is 2.71 bits per heavy atom. The third-order valence-corrected chi connectivity index (χ3v) is 4.62. The van der Waals surface area contributed by atoms with Crippen molar-refractivity contribution in [3.8, 4) is 5.75 Å². The molecule has 2 aromatic carbocycles. The molecule has 1 aliphatic rings.